The van der Waals surface area contributed by atoms with Gasteiger partial charge in [-0.1, -0.05) is 60.7 Å². The number of benzene rings is 3. The van der Waals surface area contributed by atoms with E-state index in [-0.39, 0.29) is 5.91 Å². The van der Waals surface area contributed by atoms with Crippen LogP contribution in [0.1, 0.15) is 21.5 Å². The van der Waals surface area contributed by atoms with Gasteiger partial charge in [0.25, 0.3) is 5.91 Å². The zero-order valence-corrected chi connectivity index (χ0v) is 17.5. The summed E-state index contributed by atoms with van der Waals surface area (Å²) in [6, 6.07) is 26.5. The number of carbonyl (C=O) groups is 1. The normalized spacial score (nSPS) is 13.9. The molecular weight excluding hydrogens is 372 g/mol. The molecule has 3 aromatic carbocycles. The van der Waals surface area contributed by atoms with Crippen molar-refractivity contribution in [3.63, 3.8) is 0 Å². The largest absolute Gasteiger partial charge is 0.495 e. The highest BCUT2D eigenvalue weighted by Gasteiger charge is 2.24. The lowest BCUT2D eigenvalue weighted by Gasteiger charge is -2.37. The Morgan fingerprint density at radius 3 is 2.23 bits per heavy atom. The summed E-state index contributed by atoms with van der Waals surface area (Å²) in [5.41, 5.74) is 4.35. The maximum Gasteiger partial charge on any atom is 0.254 e. The molecule has 1 amide bonds. The van der Waals surface area contributed by atoms with E-state index in [1.165, 1.54) is 5.56 Å². The van der Waals surface area contributed by atoms with Crippen LogP contribution in [0.25, 0.3) is 0 Å². The number of amides is 1. The summed E-state index contributed by atoms with van der Waals surface area (Å²) in [5.74, 6) is 1.02. The number of ether oxygens (including phenoxy) is 1. The average molecular weight is 401 g/mol. The highest BCUT2D eigenvalue weighted by atomic mass is 16.5. The molecule has 0 spiro atoms. The van der Waals surface area contributed by atoms with Crippen molar-refractivity contribution in [2.24, 2.45) is 0 Å². The fourth-order valence-corrected chi connectivity index (χ4v) is 4.08. The predicted molar refractivity (Wildman–Crippen MR) is 121 cm³/mol. The molecule has 4 heteroatoms. The fraction of sp³-hybridized carbons (Fsp3) is 0.269. The molecular formula is C26H28N2O2. The standard InChI is InChI=1S/C26H28N2O2/c1-30-25-14-8-7-13-24(25)27-17-19-28(20-18-27)26(29)23-12-6-5-11-22(23)16-15-21-9-3-2-4-10-21/h2-14H,15-20H2,1H3. The van der Waals surface area contributed by atoms with Crippen LogP contribution in [0.4, 0.5) is 5.69 Å². The van der Waals surface area contributed by atoms with Crippen LogP contribution in [0, 0.1) is 0 Å². The third-order valence-corrected chi connectivity index (χ3v) is 5.77. The number of piperazine rings is 1. The van der Waals surface area contributed by atoms with Gasteiger partial charge in [-0.25, -0.2) is 0 Å². The van der Waals surface area contributed by atoms with Crippen molar-refractivity contribution in [3.05, 3.63) is 95.6 Å². The lowest BCUT2D eigenvalue weighted by Crippen LogP contribution is -2.49. The van der Waals surface area contributed by atoms with Gasteiger partial charge in [-0.3, -0.25) is 4.79 Å². The highest BCUT2D eigenvalue weighted by molar-refractivity contribution is 5.96. The number of hydrogen-bond donors (Lipinski definition) is 0. The molecule has 0 atom stereocenters. The Morgan fingerprint density at radius 1 is 0.800 bits per heavy atom. The van der Waals surface area contributed by atoms with Gasteiger partial charge in [0, 0.05) is 31.7 Å². The molecule has 1 saturated heterocycles. The minimum atomic E-state index is 0.137. The SMILES string of the molecule is COc1ccccc1N1CCN(C(=O)c2ccccc2CCc2ccccc2)CC1. The van der Waals surface area contributed by atoms with Crippen LogP contribution >= 0.6 is 0 Å². The molecule has 1 aliphatic rings. The quantitative estimate of drug-likeness (QED) is 0.613. The number of nitrogens with zero attached hydrogens (tertiary/aromatic N) is 2. The van der Waals surface area contributed by atoms with E-state index >= 15 is 0 Å². The Balaban J connectivity index is 1.42. The smallest absolute Gasteiger partial charge is 0.254 e. The van der Waals surface area contributed by atoms with Crippen LogP contribution in [-0.2, 0) is 12.8 Å². The summed E-state index contributed by atoms with van der Waals surface area (Å²) in [6.07, 6.45) is 1.81. The average Bonchev–Trinajstić information content (AvgIpc) is 2.83. The number of rotatable bonds is 6. The number of carbonyl (C=O) groups excluding carboxylic acids is 1. The first-order valence-electron chi connectivity index (χ1n) is 10.6. The fourth-order valence-electron chi connectivity index (χ4n) is 4.08. The number of aryl methyl sites for hydroxylation is 2. The van der Waals surface area contributed by atoms with Crippen LogP contribution < -0.4 is 9.64 Å². The molecule has 3 aromatic rings. The second-order valence-corrected chi connectivity index (χ2v) is 7.59. The number of para-hydroxylation sites is 2. The Bertz CT molecular complexity index is 979. The first-order chi connectivity index (χ1) is 14.8. The van der Waals surface area contributed by atoms with Crippen LogP contribution in [0.3, 0.4) is 0 Å². The summed E-state index contributed by atoms with van der Waals surface area (Å²) in [4.78, 5) is 17.6. The molecule has 0 saturated carbocycles. The second kappa shape index (κ2) is 9.49. The minimum Gasteiger partial charge on any atom is -0.495 e. The summed E-state index contributed by atoms with van der Waals surface area (Å²) in [6.45, 7) is 3.03. The van der Waals surface area contributed by atoms with E-state index in [1.54, 1.807) is 7.11 Å². The maximum absolute atomic E-state index is 13.3. The van der Waals surface area contributed by atoms with Gasteiger partial charge in [-0.15, -0.1) is 0 Å². The van der Waals surface area contributed by atoms with Crippen molar-refractivity contribution < 1.29 is 9.53 Å². The Morgan fingerprint density at radius 2 is 1.47 bits per heavy atom. The van der Waals surface area contributed by atoms with Crippen molar-refractivity contribution in [3.8, 4) is 5.75 Å². The Hall–Kier alpha value is -3.27. The lowest BCUT2D eigenvalue weighted by molar-refractivity contribution is 0.0745. The maximum atomic E-state index is 13.3. The first kappa shape index (κ1) is 20.0. The van der Waals surface area contributed by atoms with Crippen LogP contribution in [0.15, 0.2) is 78.9 Å². The van der Waals surface area contributed by atoms with Gasteiger partial charge in [-0.2, -0.15) is 0 Å². The molecule has 0 radical (unpaired) electrons. The van der Waals surface area contributed by atoms with Gasteiger partial charge in [0.05, 0.1) is 12.8 Å². The zero-order valence-electron chi connectivity index (χ0n) is 17.5. The molecule has 154 valence electrons. The van der Waals surface area contributed by atoms with E-state index in [1.807, 2.05) is 47.4 Å². The number of methoxy groups -OCH3 is 1. The minimum absolute atomic E-state index is 0.137. The summed E-state index contributed by atoms with van der Waals surface area (Å²) >= 11 is 0. The zero-order chi connectivity index (χ0) is 20.8. The van der Waals surface area contributed by atoms with Gasteiger partial charge >= 0.3 is 0 Å². The van der Waals surface area contributed by atoms with E-state index < -0.39 is 0 Å². The topological polar surface area (TPSA) is 32.8 Å². The van der Waals surface area contributed by atoms with E-state index in [0.717, 1.165) is 48.5 Å². The molecule has 0 aromatic heterocycles. The van der Waals surface area contributed by atoms with Crippen molar-refractivity contribution in [1.82, 2.24) is 4.90 Å². The molecule has 0 unspecified atom stereocenters. The number of hydrogen-bond acceptors (Lipinski definition) is 3. The summed E-state index contributed by atoms with van der Waals surface area (Å²) in [5, 5.41) is 0. The molecule has 30 heavy (non-hydrogen) atoms. The molecule has 0 N–H and O–H groups in total. The van der Waals surface area contributed by atoms with E-state index in [4.69, 9.17) is 4.74 Å². The Kier molecular flexibility index (Phi) is 6.33. The van der Waals surface area contributed by atoms with E-state index in [2.05, 4.69) is 41.3 Å². The van der Waals surface area contributed by atoms with E-state index in [0.29, 0.717) is 13.1 Å². The van der Waals surface area contributed by atoms with Gasteiger partial charge in [-0.05, 0) is 42.2 Å². The van der Waals surface area contributed by atoms with E-state index in [9.17, 15) is 4.79 Å². The van der Waals surface area contributed by atoms with Crippen molar-refractivity contribution in [2.75, 3.05) is 38.2 Å². The molecule has 4 rings (SSSR count). The number of anilines is 1. The predicted octanol–water partition coefficient (Wildman–Crippen LogP) is 4.44. The van der Waals surface area contributed by atoms with Crippen molar-refractivity contribution in [2.45, 2.75) is 12.8 Å². The summed E-state index contributed by atoms with van der Waals surface area (Å²) in [7, 11) is 1.70. The van der Waals surface area contributed by atoms with Crippen LogP contribution in [-0.4, -0.2) is 44.1 Å². The third kappa shape index (κ3) is 4.48. The summed E-state index contributed by atoms with van der Waals surface area (Å²) < 4.78 is 5.50. The van der Waals surface area contributed by atoms with Crippen molar-refractivity contribution >= 4 is 11.6 Å². The highest BCUT2D eigenvalue weighted by Crippen LogP contribution is 2.28. The third-order valence-electron chi connectivity index (χ3n) is 5.77. The van der Waals surface area contributed by atoms with Gasteiger partial charge < -0.3 is 14.5 Å². The second-order valence-electron chi connectivity index (χ2n) is 7.59. The molecule has 1 aliphatic heterocycles. The van der Waals surface area contributed by atoms with Crippen LogP contribution in [0.5, 0.6) is 5.75 Å². The first-order valence-corrected chi connectivity index (χ1v) is 10.6. The Labute approximate surface area is 178 Å². The van der Waals surface area contributed by atoms with Gasteiger partial charge in [0.1, 0.15) is 5.75 Å². The molecule has 1 fully saturated rings. The lowest BCUT2D eigenvalue weighted by atomic mass is 9.99. The monoisotopic (exact) mass is 400 g/mol. The molecule has 0 aliphatic carbocycles. The van der Waals surface area contributed by atoms with Gasteiger partial charge in [0.2, 0.25) is 0 Å². The molecule has 1 heterocycles. The molecule has 0 bridgehead atoms. The van der Waals surface area contributed by atoms with Gasteiger partial charge in [0.15, 0.2) is 0 Å². The van der Waals surface area contributed by atoms with Crippen LogP contribution in [0.2, 0.25) is 0 Å². The molecule has 4 nitrogen and oxygen atoms in total. The van der Waals surface area contributed by atoms with Crippen molar-refractivity contribution in [1.29, 1.82) is 0 Å².